The number of aromatic hydroxyl groups is 1. The van der Waals surface area contributed by atoms with Crippen molar-refractivity contribution in [1.29, 1.82) is 0 Å². The first-order chi connectivity index (χ1) is 19.9. The lowest BCUT2D eigenvalue weighted by atomic mass is 9.76. The number of carbonyl (C=O) groups is 2. The molecule has 0 unspecified atom stereocenters. The van der Waals surface area contributed by atoms with E-state index in [-0.39, 0.29) is 41.0 Å². The van der Waals surface area contributed by atoms with Crippen LogP contribution in [-0.2, 0) is 9.59 Å². The van der Waals surface area contributed by atoms with E-state index in [1.165, 1.54) is 25.3 Å². The van der Waals surface area contributed by atoms with E-state index in [0.717, 1.165) is 22.8 Å². The van der Waals surface area contributed by atoms with Crippen molar-refractivity contribution in [3.8, 4) is 17.2 Å². The molecule has 42 heavy (non-hydrogen) atoms. The maximum absolute atomic E-state index is 12.4. The molecule has 7 heteroatoms. The van der Waals surface area contributed by atoms with Gasteiger partial charge in [0.25, 0.3) is 0 Å². The minimum Gasteiger partial charge on any atom is -0.508 e. The maximum atomic E-state index is 12.4. The Kier molecular flexibility index (Phi) is 11.5. The summed E-state index contributed by atoms with van der Waals surface area (Å²) < 4.78 is 11.4. The van der Waals surface area contributed by atoms with Crippen LogP contribution in [0.15, 0.2) is 89.8 Å². The summed E-state index contributed by atoms with van der Waals surface area (Å²) in [5, 5.41) is 30.3. The summed E-state index contributed by atoms with van der Waals surface area (Å²) in [6, 6.07) is 12.0. The second-order valence-electron chi connectivity index (χ2n) is 10.9. The summed E-state index contributed by atoms with van der Waals surface area (Å²) in [6.07, 6.45) is 10.8. The largest absolute Gasteiger partial charge is 0.508 e. The zero-order valence-corrected chi connectivity index (χ0v) is 24.8. The second kappa shape index (κ2) is 15.0. The van der Waals surface area contributed by atoms with Crippen LogP contribution >= 0.6 is 0 Å². The Balaban J connectivity index is 1.63. The fourth-order valence-electron chi connectivity index (χ4n) is 4.81. The third-order valence-corrected chi connectivity index (χ3v) is 7.11. The standard InChI is InChI=1S/C35H40O7/c1-22(2)16-29(38)17-23(3)31-21-33(40)24(4)18-34(31)42-30-13-8-25(9-14-30)6-11-27(36)20-28(37)12-7-26-10-15-32(39)35(19-26)41-5/h6-16,18-20,23,31,33-34,37,39-40H,17,21H2,1-5H3/b11-6+,12-7+,28-20-/t23-,31+,33-,34-/m0/s1. The van der Waals surface area contributed by atoms with Gasteiger partial charge in [-0.15, -0.1) is 0 Å². The van der Waals surface area contributed by atoms with Crippen LogP contribution in [0.5, 0.6) is 17.2 Å². The first-order valence-electron chi connectivity index (χ1n) is 13.9. The topological polar surface area (TPSA) is 113 Å². The third kappa shape index (κ3) is 9.63. The van der Waals surface area contributed by atoms with E-state index in [2.05, 4.69) is 0 Å². The molecule has 2 aromatic carbocycles. The third-order valence-electron chi connectivity index (χ3n) is 7.11. The quantitative estimate of drug-likeness (QED) is 0.111. The minimum atomic E-state index is -0.554. The molecule has 3 rings (SSSR count). The molecule has 0 fully saturated rings. The average molecular weight is 573 g/mol. The van der Waals surface area contributed by atoms with Crippen molar-refractivity contribution in [3.05, 3.63) is 101 Å². The van der Waals surface area contributed by atoms with E-state index in [1.54, 1.807) is 30.4 Å². The number of rotatable bonds is 12. The molecular formula is C35H40O7. The lowest BCUT2D eigenvalue weighted by Gasteiger charge is -2.36. The van der Waals surface area contributed by atoms with Gasteiger partial charge >= 0.3 is 0 Å². The molecule has 0 heterocycles. The lowest BCUT2D eigenvalue weighted by molar-refractivity contribution is -0.116. The number of phenolic OH excluding ortho intramolecular Hbond substituents is 1. The lowest BCUT2D eigenvalue weighted by Crippen LogP contribution is -2.38. The van der Waals surface area contributed by atoms with Gasteiger partial charge in [0.05, 0.1) is 13.2 Å². The number of allylic oxidation sites excluding steroid dienone is 5. The molecule has 3 N–H and O–H groups in total. The van der Waals surface area contributed by atoms with E-state index in [4.69, 9.17) is 9.47 Å². The van der Waals surface area contributed by atoms with E-state index in [1.807, 2.05) is 58.0 Å². The molecule has 1 aliphatic carbocycles. The number of hydrogen-bond acceptors (Lipinski definition) is 7. The van der Waals surface area contributed by atoms with Gasteiger partial charge in [-0.05, 0) is 98.4 Å². The number of ether oxygens (including phenoxy) is 2. The Morgan fingerprint density at radius 3 is 2.36 bits per heavy atom. The molecule has 2 aromatic rings. The molecule has 0 radical (unpaired) electrons. The molecule has 0 saturated carbocycles. The van der Waals surface area contributed by atoms with Gasteiger partial charge in [-0.2, -0.15) is 0 Å². The van der Waals surface area contributed by atoms with Gasteiger partial charge in [0.15, 0.2) is 23.1 Å². The van der Waals surface area contributed by atoms with Gasteiger partial charge in [-0.25, -0.2) is 0 Å². The average Bonchev–Trinajstić information content (AvgIpc) is 2.93. The highest BCUT2D eigenvalue weighted by atomic mass is 16.5. The second-order valence-corrected chi connectivity index (χ2v) is 10.9. The molecule has 4 atom stereocenters. The van der Waals surface area contributed by atoms with E-state index < -0.39 is 6.10 Å². The highest BCUT2D eigenvalue weighted by Crippen LogP contribution is 2.34. The summed E-state index contributed by atoms with van der Waals surface area (Å²) in [5.74, 6) is 0.427. The molecule has 0 amide bonds. The van der Waals surface area contributed by atoms with Crippen LogP contribution in [0, 0.1) is 11.8 Å². The number of aliphatic hydroxyl groups excluding tert-OH is 2. The van der Waals surface area contributed by atoms with Crippen LogP contribution in [0.4, 0.5) is 0 Å². The van der Waals surface area contributed by atoms with Gasteiger partial charge in [0, 0.05) is 18.4 Å². The first kappa shape index (κ1) is 32.2. The first-order valence-corrected chi connectivity index (χ1v) is 13.9. The predicted molar refractivity (Wildman–Crippen MR) is 165 cm³/mol. The summed E-state index contributed by atoms with van der Waals surface area (Å²) in [4.78, 5) is 24.7. The molecule has 0 aliphatic heterocycles. The highest BCUT2D eigenvalue weighted by Gasteiger charge is 2.34. The predicted octanol–water partition coefficient (Wildman–Crippen LogP) is 6.77. The number of methoxy groups -OCH3 is 1. The molecule has 0 spiro atoms. The summed E-state index contributed by atoms with van der Waals surface area (Å²) >= 11 is 0. The van der Waals surface area contributed by atoms with Crippen molar-refractivity contribution in [1.82, 2.24) is 0 Å². The summed E-state index contributed by atoms with van der Waals surface area (Å²) in [7, 11) is 1.45. The SMILES string of the molecule is COc1cc(/C=C/C(O)=C/C(=O)/C=C/c2ccc(O[C@H]3C=C(C)[C@@H](O)C[C@@H]3[C@@H](C)CC(=O)C=C(C)C)cc2)ccc1O. The van der Waals surface area contributed by atoms with E-state index >= 15 is 0 Å². The Morgan fingerprint density at radius 1 is 1.02 bits per heavy atom. The van der Waals surface area contributed by atoms with Crippen molar-refractivity contribution in [2.75, 3.05) is 7.11 Å². The summed E-state index contributed by atoms with van der Waals surface area (Å²) in [6.45, 7) is 7.71. The van der Waals surface area contributed by atoms with E-state index in [9.17, 15) is 24.9 Å². The summed E-state index contributed by atoms with van der Waals surface area (Å²) in [5.41, 5.74) is 3.28. The molecule has 7 nitrogen and oxygen atoms in total. The Bertz CT molecular complexity index is 1410. The van der Waals surface area contributed by atoms with Gasteiger partial charge in [-0.1, -0.05) is 42.8 Å². The zero-order chi connectivity index (χ0) is 30.8. The number of ketones is 2. The molecular weight excluding hydrogens is 532 g/mol. The van der Waals surface area contributed by atoms with Crippen molar-refractivity contribution in [3.63, 3.8) is 0 Å². The van der Waals surface area contributed by atoms with Crippen molar-refractivity contribution < 1.29 is 34.4 Å². The van der Waals surface area contributed by atoms with Crippen LogP contribution < -0.4 is 9.47 Å². The van der Waals surface area contributed by atoms with Gasteiger partial charge in [-0.3, -0.25) is 9.59 Å². The van der Waals surface area contributed by atoms with Gasteiger partial charge in [0.2, 0.25) is 0 Å². The monoisotopic (exact) mass is 572 g/mol. The maximum Gasteiger partial charge on any atom is 0.182 e. The van der Waals surface area contributed by atoms with Gasteiger partial charge in [0.1, 0.15) is 17.6 Å². The zero-order valence-electron chi connectivity index (χ0n) is 24.8. The number of phenols is 1. The van der Waals surface area contributed by atoms with E-state index in [0.29, 0.717) is 29.9 Å². The van der Waals surface area contributed by atoms with Crippen molar-refractivity contribution in [2.24, 2.45) is 11.8 Å². The van der Waals surface area contributed by atoms with Crippen LogP contribution in [-0.4, -0.2) is 46.2 Å². The fraction of sp³-hybridized carbons (Fsp3) is 0.314. The minimum absolute atomic E-state index is 0.0114. The van der Waals surface area contributed by atoms with Crippen LogP contribution in [0.1, 0.15) is 51.7 Å². The number of aliphatic hydroxyl groups is 2. The number of hydrogen-bond donors (Lipinski definition) is 3. The van der Waals surface area contributed by atoms with Crippen molar-refractivity contribution in [2.45, 2.75) is 52.7 Å². The Morgan fingerprint density at radius 2 is 1.69 bits per heavy atom. The number of benzene rings is 2. The highest BCUT2D eigenvalue weighted by molar-refractivity contribution is 6.02. The molecule has 0 aromatic heterocycles. The molecule has 222 valence electrons. The fourth-order valence-corrected chi connectivity index (χ4v) is 4.81. The van der Waals surface area contributed by atoms with Crippen LogP contribution in [0.2, 0.25) is 0 Å². The Labute approximate surface area is 247 Å². The smallest absolute Gasteiger partial charge is 0.182 e. The molecule has 1 aliphatic rings. The normalized spacial score (nSPS) is 19.8. The molecule has 0 saturated heterocycles. The van der Waals surface area contributed by atoms with Crippen LogP contribution in [0.3, 0.4) is 0 Å². The Hall–Kier alpha value is -4.36. The molecule has 0 bridgehead atoms. The number of carbonyl (C=O) groups excluding carboxylic acids is 2. The van der Waals surface area contributed by atoms with Gasteiger partial charge < -0.3 is 24.8 Å². The van der Waals surface area contributed by atoms with Crippen LogP contribution in [0.25, 0.3) is 12.2 Å². The van der Waals surface area contributed by atoms with Crippen molar-refractivity contribution >= 4 is 23.7 Å².